The molecule has 0 amide bonds. The van der Waals surface area contributed by atoms with Crippen LogP contribution in [0.4, 0.5) is 0 Å². The zero-order valence-corrected chi connectivity index (χ0v) is 10.1. The summed E-state index contributed by atoms with van der Waals surface area (Å²) in [6, 6.07) is 0. The minimum absolute atomic E-state index is 0.740. The Morgan fingerprint density at radius 2 is 1.85 bits per heavy atom. The number of hydrogen-bond donors (Lipinski definition) is 0. The van der Waals surface area contributed by atoms with Crippen molar-refractivity contribution >= 4 is 0 Å². The second kappa shape index (κ2) is 4.02. The van der Waals surface area contributed by atoms with Crippen LogP contribution in [0, 0.1) is 23.2 Å². The van der Waals surface area contributed by atoms with Gasteiger partial charge in [-0.15, -0.1) is 0 Å². The Bertz CT molecular complexity index is 157. The maximum absolute atomic E-state index is 2.47. The summed E-state index contributed by atoms with van der Waals surface area (Å²) in [5.41, 5.74) is 0.740. The molecule has 4 unspecified atom stereocenters. The first-order chi connectivity index (χ1) is 6.06. The third-order valence-corrected chi connectivity index (χ3v) is 4.60. The molecule has 13 heavy (non-hydrogen) atoms. The fourth-order valence-corrected chi connectivity index (χ4v) is 3.04. The molecule has 0 aromatic rings. The molecule has 0 spiro atoms. The van der Waals surface area contributed by atoms with Crippen molar-refractivity contribution in [1.29, 1.82) is 0 Å². The Kier molecular flexibility index (Phi) is 3.43. The van der Waals surface area contributed by atoms with Crippen LogP contribution in [0.1, 0.15) is 60.3 Å². The Morgan fingerprint density at radius 3 is 2.15 bits per heavy atom. The van der Waals surface area contributed by atoms with E-state index in [9.17, 15) is 0 Å². The smallest absolute Gasteiger partial charge is 0.0246 e. The van der Waals surface area contributed by atoms with Crippen LogP contribution < -0.4 is 0 Å². The van der Waals surface area contributed by atoms with Gasteiger partial charge in [-0.1, -0.05) is 41.0 Å². The van der Waals surface area contributed by atoms with Crippen LogP contribution in [0.3, 0.4) is 0 Å². The van der Waals surface area contributed by atoms with Gasteiger partial charge in [0.2, 0.25) is 0 Å². The van der Waals surface area contributed by atoms with Crippen molar-refractivity contribution in [3.05, 3.63) is 0 Å². The fraction of sp³-hybridized carbons (Fsp3) is 1.00. The molecule has 0 saturated heterocycles. The van der Waals surface area contributed by atoms with Gasteiger partial charge >= 0.3 is 0 Å². The number of hydrogen-bond acceptors (Lipinski definition) is 0. The van der Waals surface area contributed by atoms with Gasteiger partial charge in [0.1, 0.15) is 0 Å². The molecule has 1 aliphatic carbocycles. The van der Waals surface area contributed by atoms with E-state index in [1.807, 2.05) is 0 Å². The van der Waals surface area contributed by atoms with E-state index in [-0.39, 0.29) is 0 Å². The highest BCUT2D eigenvalue weighted by Crippen LogP contribution is 2.61. The van der Waals surface area contributed by atoms with E-state index in [1.54, 1.807) is 0 Å². The molecule has 0 aliphatic heterocycles. The van der Waals surface area contributed by atoms with E-state index in [4.69, 9.17) is 0 Å². The monoisotopic (exact) mass is 182 g/mol. The van der Waals surface area contributed by atoms with Crippen LogP contribution >= 0.6 is 0 Å². The van der Waals surface area contributed by atoms with Crippen molar-refractivity contribution in [2.75, 3.05) is 0 Å². The van der Waals surface area contributed by atoms with E-state index in [0.29, 0.717) is 0 Å². The van der Waals surface area contributed by atoms with Crippen LogP contribution in [0.25, 0.3) is 0 Å². The molecule has 0 aromatic carbocycles. The van der Waals surface area contributed by atoms with Gasteiger partial charge in [-0.25, -0.2) is 0 Å². The normalized spacial score (nSPS) is 37.2. The molecule has 0 aromatic heterocycles. The van der Waals surface area contributed by atoms with Gasteiger partial charge in [-0.2, -0.15) is 0 Å². The van der Waals surface area contributed by atoms with Gasteiger partial charge in [0.05, 0.1) is 0 Å². The number of rotatable bonds is 5. The largest absolute Gasteiger partial charge is 0.0651 e. The summed E-state index contributed by atoms with van der Waals surface area (Å²) in [5, 5.41) is 0. The predicted octanol–water partition coefficient (Wildman–Crippen LogP) is 4.49. The first-order valence-corrected chi connectivity index (χ1v) is 6.06. The molecule has 0 N–H and O–H groups in total. The van der Waals surface area contributed by atoms with E-state index in [1.165, 1.54) is 25.7 Å². The molecular formula is C13H26. The molecule has 0 bridgehead atoms. The zero-order chi connectivity index (χ0) is 10.1. The average molecular weight is 182 g/mol. The van der Waals surface area contributed by atoms with Crippen molar-refractivity contribution in [2.24, 2.45) is 23.2 Å². The Labute approximate surface area is 84.1 Å². The molecule has 1 fully saturated rings. The highest BCUT2D eigenvalue weighted by atomic mass is 14.6. The summed E-state index contributed by atoms with van der Waals surface area (Å²) in [6.07, 6.45) is 5.67. The van der Waals surface area contributed by atoms with Crippen molar-refractivity contribution in [3.63, 3.8) is 0 Å². The summed E-state index contributed by atoms with van der Waals surface area (Å²) in [5.74, 6) is 2.87. The van der Waals surface area contributed by atoms with E-state index in [2.05, 4.69) is 34.6 Å². The molecule has 0 heterocycles. The molecule has 1 aliphatic rings. The van der Waals surface area contributed by atoms with Gasteiger partial charge in [-0.05, 0) is 42.4 Å². The summed E-state index contributed by atoms with van der Waals surface area (Å²) >= 11 is 0. The molecular weight excluding hydrogens is 156 g/mol. The molecule has 0 nitrogen and oxygen atoms in total. The second-order valence-electron chi connectivity index (χ2n) is 5.34. The first kappa shape index (κ1) is 11.1. The van der Waals surface area contributed by atoms with Gasteiger partial charge in [0.25, 0.3) is 0 Å². The topological polar surface area (TPSA) is 0 Å². The van der Waals surface area contributed by atoms with E-state index in [0.717, 1.165) is 23.2 Å². The molecule has 1 rings (SSSR count). The summed E-state index contributed by atoms with van der Waals surface area (Å²) in [7, 11) is 0. The molecule has 78 valence electrons. The third-order valence-electron chi connectivity index (χ3n) is 4.60. The maximum atomic E-state index is 2.47. The Balaban J connectivity index is 2.43. The summed E-state index contributed by atoms with van der Waals surface area (Å²) in [4.78, 5) is 0. The van der Waals surface area contributed by atoms with Crippen LogP contribution in [0.15, 0.2) is 0 Å². The Hall–Kier alpha value is 0. The SMILES string of the molecule is CCC(C)CC(C)C1(CC)CC1C. The van der Waals surface area contributed by atoms with Crippen molar-refractivity contribution in [2.45, 2.75) is 60.3 Å². The van der Waals surface area contributed by atoms with Crippen molar-refractivity contribution in [3.8, 4) is 0 Å². The molecule has 4 atom stereocenters. The molecule has 0 radical (unpaired) electrons. The predicted molar refractivity (Wildman–Crippen MR) is 59.7 cm³/mol. The highest BCUT2D eigenvalue weighted by Gasteiger charge is 2.52. The Morgan fingerprint density at radius 1 is 1.31 bits per heavy atom. The van der Waals surface area contributed by atoms with Gasteiger partial charge in [0, 0.05) is 0 Å². The molecule has 0 heteroatoms. The van der Waals surface area contributed by atoms with Crippen LogP contribution in [-0.2, 0) is 0 Å². The summed E-state index contributed by atoms with van der Waals surface area (Å²) < 4.78 is 0. The third kappa shape index (κ3) is 2.08. The average Bonchev–Trinajstić information content (AvgIpc) is 2.78. The lowest BCUT2D eigenvalue weighted by Gasteiger charge is -2.25. The highest BCUT2D eigenvalue weighted by molar-refractivity contribution is 5.01. The lowest BCUT2D eigenvalue weighted by molar-refractivity contribution is 0.245. The van der Waals surface area contributed by atoms with Crippen molar-refractivity contribution in [1.82, 2.24) is 0 Å². The minimum atomic E-state index is 0.740. The van der Waals surface area contributed by atoms with Crippen LogP contribution in [0.2, 0.25) is 0 Å². The van der Waals surface area contributed by atoms with Crippen molar-refractivity contribution < 1.29 is 0 Å². The molecule has 1 saturated carbocycles. The second-order valence-corrected chi connectivity index (χ2v) is 5.34. The quantitative estimate of drug-likeness (QED) is 0.587. The van der Waals surface area contributed by atoms with Crippen LogP contribution in [0.5, 0.6) is 0 Å². The van der Waals surface area contributed by atoms with E-state index < -0.39 is 0 Å². The van der Waals surface area contributed by atoms with Gasteiger partial charge in [-0.3, -0.25) is 0 Å². The maximum Gasteiger partial charge on any atom is -0.0246 e. The van der Waals surface area contributed by atoms with Gasteiger partial charge in [0.15, 0.2) is 0 Å². The minimum Gasteiger partial charge on any atom is -0.0651 e. The first-order valence-electron chi connectivity index (χ1n) is 6.06. The van der Waals surface area contributed by atoms with Gasteiger partial charge < -0.3 is 0 Å². The van der Waals surface area contributed by atoms with Crippen LogP contribution in [-0.4, -0.2) is 0 Å². The zero-order valence-electron chi connectivity index (χ0n) is 10.1. The lowest BCUT2D eigenvalue weighted by atomic mass is 9.80. The standard InChI is InChI=1S/C13H26/c1-6-10(3)8-11(4)13(7-2)9-12(13)5/h10-12H,6-9H2,1-5H3. The lowest BCUT2D eigenvalue weighted by Crippen LogP contribution is -2.16. The fourth-order valence-electron chi connectivity index (χ4n) is 3.04. The summed E-state index contributed by atoms with van der Waals surface area (Å²) in [6.45, 7) is 12.0. The van der Waals surface area contributed by atoms with E-state index >= 15 is 0 Å².